The van der Waals surface area contributed by atoms with E-state index in [9.17, 15) is 0 Å². The molecule has 1 saturated heterocycles. The maximum atomic E-state index is 5.89. The van der Waals surface area contributed by atoms with Gasteiger partial charge >= 0.3 is 0 Å². The van der Waals surface area contributed by atoms with Gasteiger partial charge in [0.2, 0.25) is 0 Å². The molecule has 1 heterocycles. The number of ether oxygens (including phenoxy) is 1. The molecule has 0 amide bonds. The van der Waals surface area contributed by atoms with E-state index in [2.05, 4.69) is 36.1 Å². The second-order valence-corrected chi connectivity index (χ2v) is 6.10. The summed E-state index contributed by atoms with van der Waals surface area (Å²) in [6, 6.07) is 8.50. The van der Waals surface area contributed by atoms with Gasteiger partial charge in [0.05, 0.1) is 6.61 Å². The van der Waals surface area contributed by atoms with Crippen LogP contribution in [0.3, 0.4) is 0 Å². The Morgan fingerprint density at radius 1 is 1.24 bits per heavy atom. The molecule has 2 rings (SSSR count). The SMILES string of the molecule is CCCCCCCOc1cccc(N2CCC(CN)C2)c1. The fourth-order valence-corrected chi connectivity index (χ4v) is 2.93. The summed E-state index contributed by atoms with van der Waals surface area (Å²) in [6.07, 6.45) is 7.60. The van der Waals surface area contributed by atoms with Gasteiger partial charge in [0, 0.05) is 24.8 Å². The summed E-state index contributed by atoms with van der Waals surface area (Å²) in [6.45, 7) is 6.07. The molecule has 2 N–H and O–H groups in total. The van der Waals surface area contributed by atoms with Crippen LogP contribution >= 0.6 is 0 Å². The molecule has 0 saturated carbocycles. The van der Waals surface area contributed by atoms with Crippen LogP contribution in [0.5, 0.6) is 5.75 Å². The van der Waals surface area contributed by atoms with Gasteiger partial charge in [-0.05, 0) is 37.4 Å². The summed E-state index contributed by atoms with van der Waals surface area (Å²) < 4.78 is 5.89. The first-order valence-corrected chi connectivity index (χ1v) is 8.51. The summed E-state index contributed by atoms with van der Waals surface area (Å²) >= 11 is 0. The molecule has 21 heavy (non-hydrogen) atoms. The average Bonchev–Trinajstić information content (AvgIpc) is 3.00. The molecule has 118 valence electrons. The Bertz CT molecular complexity index is 408. The van der Waals surface area contributed by atoms with Crippen molar-refractivity contribution in [1.82, 2.24) is 0 Å². The summed E-state index contributed by atoms with van der Waals surface area (Å²) in [4.78, 5) is 2.42. The number of nitrogens with zero attached hydrogens (tertiary/aromatic N) is 1. The van der Waals surface area contributed by atoms with Crippen LogP contribution < -0.4 is 15.4 Å². The van der Waals surface area contributed by atoms with Gasteiger partial charge in [-0.25, -0.2) is 0 Å². The molecule has 0 aliphatic carbocycles. The Morgan fingerprint density at radius 3 is 2.86 bits per heavy atom. The minimum Gasteiger partial charge on any atom is -0.494 e. The highest BCUT2D eigenvalue weighted by Crippen LogP contribution is 2.26. The molecule has 0 bridgehead atoms. The zero-order valence-corrected chi connectivity index (χ0v) is 13.4. The third kappa shape index (κ3) is 5.24. The highest BCUT2D eigenvalue weighted by molar-refractivity contribution is 5.51. The van der Waals surface area contributed by atoms with Crippen molar-refractivity contribution in [2.75, 3.05) is 31.1 Å². The molecular weight excluding hydrogens is 260 g/mol. The van der Waals surface area contributed by atoms with E-state index in [1.165, 1.54) is 37.8 Å². The Kier molecular flexibility index (Phi) is 6.87. The number of hydrogen-bond acceptors (Lipinski definition) is 3. The summed E-state index contributed by atoms with van der Waals surface area (Å²) in [5.74, 6) is 1.65. The van der Waals surface area contributed by atoms with Gasteiger partial charge in [-0.2, -0.15) is 0 Å². The van der Waals surface area contributed by atoms with Crippen LogP contribution in [0.15, 0.2) is 24.3 Å². The Balaban J connectivity index is 1.76. The lowest BCUT2D eigenvalue weighted by molar-refractivity contribution is 0.304. The first-order chi connectivity index (χ1) is 10.3. The summed E-state index contributed by atoms with van der Waals surface area (Å²) in [5.41, 5.74) is 7.04. The first kappa shape index (κ1) is 16.2. The Morgan fingerprint density at radius 2 is 2.10 bits per heavy atom. The summed E-state index contributed by atoms with van der Waals surface area (Å²) in [7, 11) is 0. The standard InChI is InChI=1S/C18H30N2O/c1-2-3-4-5-6-12-21-18-9-7-8-17(13-18)20-11-10-16(14-19)15-20/h7-9,13,16H,2-6,10-12,14-15,19H2,1H3. The van der Waals surface area contributed by atoms with E-state index in [-0.39, 0.29) is 0 Å². The number of rotatable bonds is 9. The number of benzene rings is 1. The average molecular weight is 290 g/mol. The molecule has 3 heteroatoms. The van der Waals surface area contributed by atoms with Crippen LogP contribution in [-0.4, -0.2) is 26.2 Å². The number of unbranched alkanes of at least 4 members (excludes halogenated alkanes) is 4. The van der Waals surface area contributed by atoms with Crippen LogP contribution in [0, 0.1) is 5.92 Å². The van der Waals surface area contributed by atoms with Gasteiger partial charge in [0.15, 0.2) is 0 Å². The minimum atomic E-state index is 0.646. The van der Waals surface area contributed by atoms with Crippen molar-refractivity contribution in [2.24, 2.45) is 11.7 Å². The molecule has 1 fully saturated rings. The van der Waals surface area contributed by atoms with Gasteiger partial charge in [-0.3, -0.25) is 0 Å². The third-order valence-electron chi connectivity index (χ3n) is 4.32. The molecule has 1 aromatic carbocycles. The van der Waals surface area contributed by atoms with Crippen LogP contribution in [0.1, 0.15) is 45.4 Å². The van der Waals surface area contributed by atoms with E-state index in [1.54, 1.807) is 0 Å². The molecule has 1 unspecified atom stereocenters. The van der Waals surface area contributed by atoms with Crippen molar-refractivity contribution in [2.45, 2.75) is 45.4 Å². The Labute approximate surface area is 129 Å². The minimum absolute atomic E-state index is 0.646. The highest BCUT2D eigenvalue weighted by Gasteiger charge is 2.21. The predicted octanol–water partition coefficient (Wildman–Crippen LogP) is 3.82. The lowest BCUT2D eigenvalue weighted by atomic mass is 10.1. The van der Waals surface area contributed by atoms with E-state index in [0.29, 0.717) is 5.92 Å². The topological polar surface area (TPSA) is 38.5 Å². The van der Waals surface area contributed by atoms with Crippen LogP contribution in [-0.2, 0) is 0 Å². The van der Waals surface area contributed by atoms with E-state index in [1.807, 2.05) is 0 Å². The monoisotopic (exact) mass is 290 g/mol. The number of hydrogen-bond donors (Lipinski definition) is 1. The maximum Gasteiger partial charge on any atom is 0.121 e. The fraction of sp³-hybridized carbons (Fsp3) is 0.667. The zero-order chi connectivity index (χ0) is 14.9. The van der Waals surface area contributed by atoms with Gasteiger partial charge in [-0.1, -0.05) is 38.7 Å². The number of nitrogens with two attached hydrogens (primary N) is 1. The fourth-order valence-electron chi connectivity index (χ4n) is 2.93. The molecule has 1 aliphatic rings. The highest BCUT2D eigenvalue weighted by atomic mass is 16.5. The molecule has 1 atom stereocenters. The van der Waals surface area contributed by atoms with Gasteiger partial charge in [-0.15, -0.1) is 0 Å². The van der Waals surface area contributed by atoms with Crippen LogP contribution in [0.4, 0.5) is 5.69 Å². The lowest BCUT2D eigenvalue weighted by Gasteiger charge is -2.19. The first-order valence-electron chi connectivity index (χ1n) is 8.51. The molecular formula is C18H30N2O. The second kappa shape index (κ2) is 8.93. The van der Waals surface area contributed by atoms with Crippen LogP contribution in [0.2, 0.25) is 0 Å². The molecule has 1 aliphatic heterocycles. The van der Waals surface area contributed by atoms with Crippen molar-refractivity contribution >= 4 is 5.69 Å². The molecule has 1 aromatic rings. The van der Waals surface area contributed by atoms with E-state index >= 15 is 0 Å². The predicted molar refractivity (Wildman–Crippen MR) is 90.1 cm³/mol. The quantitative estimate of drug-likeness (QED) is 0.703. The van der Waals surface area contributed by atoms with Crippen molar-refractivity contribution < 1.29 is 4.74 Å². The van der Waals surface area contributed by atoms with Gasteiger partial charge in [0.25, 0.3) is 0 Å². The molecule has 0 radical (unpaired) electrons. The van der Waals surface area contributed by atoms with Crippen molar-refractivity contribution in [3.63, 3.8) is 0 Å². The molecule has 3 nitrogen and oxygen atoms in total. The number of anilines is 1. The lowest BCUT2D eigenvalue weighted by Crippen LogP contribution is -2.22. The smallest absolute Gasteiger partial charge is 0.121 e. The zero-order valence-electron chi connectivity index (χ0n) is 13.4. The van der Waals surface area contributed by atoms with Gasteiger partial charge < -0.3 is 15.4 Å². The van der Waals surface area contributed by atoms with E-state index < -0.39 is 0 Å². The third-order valence-corrected chi connectivity index (χ3v) is 4.32. The van der Waals surface area contributed by atoms with Gasteiger partial charge in [0.1, 0.15) is 5.75 Å². The second-order valence-electron chi connectivity index (χ2n) is 6.10. The van der Waals surface area contributed by atoms with Crippen LogP contribution in [0.25, 0.3) is 0 Å². The van der Waals surface area contributed by atoms with Crippen molar-refractivity contribution in [1.29, 1.82) is 0 Å². The normalized spacial score (nSPS) is 18.2. The molecule has 0 spiro atoms. The maximum absolute atomic E-state index is 5.89. The summed E-state index contributed by atoms with van der Waals surface area (Å²) in [5, 5.41) is 0. The van der Waals surface area contributed by atoms with Crippen molar-refractivity contribution in [3.05, 3.63) is 24.3 Å². The van der Waals surface area contributed by atoms with E-state index in [4.69, 9.17) is 10.5 Å². The van der Waals surface area contributed by atoms with E-state index in [0.717, 1.165) is 38.4 Å². The Hall–Kier alpha value is -1.22. The molecule has 0 aromatic heterocycles. The van der Waals surface area contributed by atoms with Crippen molar-refractivity contribution in [3.8, 4) is 5.75 Å². The largest absolute Gasteiger partial charge is 0.494 e.